The molecule has 0 fully saturated rings. The Labute approximate surface area is 106 Å². The van der Waals surface area contributed by atoms with Gasteiger partial charge < -0.3 is 9.51 Å². The van der Waals surface area contributed by atoms with E-state index in [0.717, 1.165) is 21.4 Å². The van der Waals surface area contributed by atoms with Gasteiger partial charge in [0.15, 0.2) is 5.65 Å². The van der Waals surface area contributed by atoms with Crippen molar-refractivity contribution in [3.63, 3.8) is 0 Å². The van der Waals surface area contributed by atoms with E-state index in [-0.39, 0.29) is 5.75 Å². The number of aromatic hydroxyl groups is 1. The molecule has 3 nitrogen and oxygen atoms in total. The summed E-state index contributed by atoms with van der Waals surface area (Å²) < 4.78 is 2.85. The van der Waals surface area contributed by atoms with Crippen molar-refractivity contribution in [1.29, 1.82) is 0 Å². The molecule has 17 heavy (non-hydrogen) atoms. The first kappa shape index (κ1) is 10.4. The van der Waals surface area contributed by atoms with Crippen molar-refractivity contribution in [3.8, 4) is 17.0 Å². The van der Waals surface area contributed by atoms with Crippen LogP contribution in [0.5, 0.6) is 5.75 Å². The van der Waals surface area contributed by atoms with Crippen molar-refractivity contribution in [2.24, 2.45) is 0 Å². The Hall–Kier alpha value is -1.81. The summed E-state index contributed by atoms with van der Waals surface area (Å²) >= 11 is 3.46. The average molecular weight is 289 g/mol. The Morgan fingerprint density at radius 1 is 1.12 bits per heavy atom. The third-order valence-corrected chi connectivity index (χ3v) is 3.23. The van der Waals surface area contributed by atoms with Crippen LogP contribution in [0, 0.1) is 0 Å². The highest BCUT2D eigenvalue weighted by molar-refractivity contribution is 9.10. The minimum Gasteiger partial charge on any atom is -0.507 e. The summed E-state index contributed by atoms with van der Waals surface area (Å²) in [7, 11) is 0. The third-order valence-electron chi connectivity index (χ3n) is 2.62. The second-order valence-electron chi connectivity index (χ2n) is 3.73. The SMILES string of the molecule is Oc1ccccc1-c1cn2cccc(Br)c2n1. The molecule has 2 heterocycles. The third kappa shape index (κ3) is 1.70. The van der Waals surface area contributed by atoms with Gasteiger partial charge in [-0.05, 0) is 40.2 Å². The van der Waals surface area contributed by atoms with Crippen molar-refractivity contribution in [3.05, 3.63) is 53.3 Å². The van der Waals surface area contributed by atoms with Crippen LogP contribution in [0.4, 0.5) is 0 Å². The van der Waals surface area contributed by atoms with Crippen molar-refractivity contribution in [2.75, 3.05) is 0 Å². The summed E-state index contributed by atoms with van der Waals surface area (Å²) in [5.74, 6) is 0.243. The van der Waals surface area contributed by atoms with Crippen LogP contribution in [0.3, 0.4) is 0 Å². The van der Waals surface area contributed by atoms with Gasteiger partial charge in [0.25, 0.3) is 0 Å². The minimum atomic E-state index is 0.243. The second kappa shape index (κ2) is 3.89. The normalized spacial score (nSPS) is 10.9. The molecule has 0 unspecified atom stereocenters. The highest BCUT2D eigenvalue weighted by Gasteiger charge is 2.09. The van der Waals surface area contributed by atoms with Gasteiger partial charge in [0.05, 0.1) is 10.2 Å². The maximum Gasteiger partial charge on any atom is 0.151 e. The first-order valence-electron chi connectivity index (χ1n) is 5.17. The van der Waals surface area contributed by atoms with E-state index < -0.39 is 0 Å². The molecular weight excluding hydrogens is 280 g/mol. The highest BCUT2D eigenvalue weighted by Crippen LogP contribution is 2.29. The number of benzene rings is 1. The summed E-state index contributed by atoms with van der Waals surface area (Å²) in [4.78, 5) is 4.50. The monoisotopic (exact) mass is 288 g/mol. The van der Waals surface area contributed by atoms with Crippen LogP contribution < -0.4 is 0 Å². The number of imidazole rings is 1. The van der Waals surface area contributed by atoms with Gasteiger partial charge in [-0.25, -0.2) is 4.98 Å². The van der Waals surface area contributed by atoms with Gasteiger partial charge in [-0.15, -0.1) is 0 Å². The van der Waals surface area contributed by atoms with Crippen LogP contribution >= 0.6 is 15.9 Å². The zero-order valence-electron chi connectivity index (χ0n) is 8.84. The molecule has 0 radical (unpaired) electrons. The maximum absolute atomic E-state index is 9.80. The van der Waals surface area contributed by atoms with Gasteiger partial charge in [0.1, 0.15) is 5.75 Å². The number of hydrogen-bond acceptors (Lipinski definition) is 2. The van der Waals surface area contributed by atoms with Crippen LogP contribution in [-0.2, 0) is 0 Å². The van der Waals surface area contributed by atoms with E-state index in [1.807, 2.05) is 41.1 Å². The number of nitrogens with zero attached hydrogens (tertiary/aromatic N) is 2. The molecule has 0 saturated heterocycles. The summed E-state index contributed by atoms with van der Waals surface area (Å²) in [6.45, 7) is 0. The molecule has 0 bridgehead atoms. The topological polar surface area (TPSA) is 37.5 Å². The first-order valence-corrected chi connectivity index (χ1v) is 5.96. The van der Waals surface area contributed by atoms with Gasteiger partial charge in [-0.3, -0.25) is 0 Å². The fourth-order valence-corrected chi connectivity index (χ4v) is 2.24. The van der Waals surface area contributed by atoms with Crippen molar-refractivity contribution in [1.82, 2.24) is 9.38 Å². The standard InChI is InChI=1S/C13H9BrN2O/c14-10-5-3-7-16-8-11(15-13(10)16)9-4-1-2-6-12(9)17/h1-8,17H. The highest BCUT2D eigenvalue weighted by atomic mass is 79.9. The molecule has 0 aliphatic carbocycles. The molecule has 3 rings (SSSR count). The predicted molar refractivity (Wildman–Crippen MR) is 70.0 cm³/mol. The summed E-state index contributed by atoms with van der Waals surface area (Å²) in [6.07, 6.45) is 3.83. The number of para-hydroxylation sites is 1. The average Bonchev–Trinajstić information content (AvgIpc) is 2.75. The number of fused-ring (bicyclic) bond motifs is 1. The molecule has 1 aromatic carbocycles. The van der Waals surface area contributed by atoms with E-state index >= 15 is 0 Å². The number of phenols is 1. The summed E-state index contributed by atoms with van der Waals surface area (Å²) in [5, 5.41) is 9.80. The molecule has 84 valence electrons. The second-order valence-corrected chi connectivity index (χ2v) is 4.58. The van der Waals surface area contributed by atoms with E-state index in [9.17, 15) is 5.11 Å². The van der Waals surface area contributed by atoms with Gasteiger partial charge >= 0.3 is 0 Å². The lowest BCUT2D eigenvalue weighted by Gasteiger charge is -1.98. The number of pyridine rings is 1. The van der Waals surface area contributed by atoms with Crippen molar-refractivity contribution in [2.45, 2.75) is 0 Å². The van der Waals surface area contributed by atoms with Gasteiger partial charge in [-0.2, -0.15) is 0 Å². The zero-order chi connectivity index (χ0) is 11.8. The number of phenolic OH excluding ortho intramolecular Hbond substituents is 1. The van der Waals surface area contributed by atoms with Crippen molar-refractivity contribution >= 4 is 21.6 Å². The Kier molecular flexibility index (Phi) is 2.37. The van der Waals surface area contributed by atoms with Crippen molar-refractivity contribution < 1.29 is 5.11 Å². The number of rotatable bonds is 1. The quantitative estimate of drug-likeness (QED) is 0.744. The van der Waals surface area contributed by atoms with Gasteiger partial charge in [-0.1, -0.05) is 12.1 Å². The molecule has 0 aliphatic heterocycles. The molecular formula is C13H9BrN2O. The first-order chi connectivity index (χ1) is 8.25. The fraction of sp³-hybridized carbons (Fsp3) is 0. The van der Waals surface area contributed by atoms with Crippen LogP contribution in [0.1, 0.15) is 0 Å². The van der Waals surface area contributed by atoms with Crippen LogP contribution in [0.15, 0.2) is 53.3 Å². The van der Waals surface area contributed by atoms with E-state index in [1.165, 1.54) is 0 Å². The molecule has 0 amide bonds. The molecule has 0 saturated carbocycles. The molecule has 0 atom stereocenters. The number of halogens is 1. The lowest BCUT2D eigenvalue weighted by Crippen LogP contribution is -1.80. The Morgan fingerprint density at radius 3 is 2.71 bits per heavy atom. The Morgan fingerprint density at radius 2 is 1.94 bits per heavy atom. The number of hydrogen-bond donors (Lipinski definition) is 1. The molecule has 1 N–H and O–H groups in total. The smallest absolute Gasteiger partial charge is 0.151 e. The van der Waals surface area contributed by atoms with Crippen LogP contribution in [0.2, 0.25) is 0 Å². The van der Waals surface area contributed by atoms with Crippen LogP contribution in [-0.4, -0.2) is 14.5 Å². The van der Waals surface area contributed by atoms with E-state index in [0.29, 0.717) is 0 Å². The lowest BCUT2D eigenvalue weighted by atomic mass is 10.1. The summed E-state index contributed by atoms with van der Waals surface area (Å²) in [6, 6.07) is 11.1. The minimum absolute atomic E-state index is 0.243. The molecule has 4 heteroatoms. The predicted octanol–water partition coefficient (Wildman–Crippen LogP) is 3.47. The Balaban J connectivity index is 2.26. The zero-order valence-corrected chi connectivity index (χ0v) is 10.4. The summed E-state index contributed by atoms with van der Waals surface area (Å²) in [5.41, 5.74) is 2.34. The van der Waals surface area contributed by atoms with Crippen LogP contribution in [0.25, 0.3) is 16.9 Å². The van der Waals surface area contributed by atoms with E-state index in [2.05, 4.69) is 20.9 Å². The van der Waals surface area contributed by atoms with E-state index in [1.54, 1.807) is 12.1 Å². The Bertz CT molecular complexity index is 691. The largest absolute Gasteiger partial charge is 0.507 e. The number of aromatic nitrogens is 2. The van der Waals surface area contributed by atoms with E-state index in [4.69, 9.17) is 0 Å². The lowest BCUT2D eigenvalue weighted by molar-refractivity contribution is 0.477. The maximum atomic E-state index is 9.80. The molecule has 3 aromatic rings. The molecule has 0 aliphatic rings. The molecule has 2 aromatic heterocycles. The molecule has 0 spiro atoms. The van der Waals surface area contributed by atoms with Gasteiger partial charge in [0.2, 0.25) is 0 Å². The van der Waals surface area contributed by atoms with Gasteiger partial charge in [0, 0.05) is 18.0 Å². The fourth-order valence-electron chi connectivity index (χ4n) is 1.80.